The van der Waals surface area contributed by atoms with Crippen molar-refractivity contribution < 1.29 is 57.8 Å². The topological polar surface area (TPSA) is 20.2 Å². The van der Waals surface area contributed by atoms with Gasteiger partial charge in [0.25, 0.3) is 5.67 Å². The van der Waals surface area contributed by atoms with Crippen LogP contribution < -0.4 is 0 Å². The molecule has 22 heavy (non-hydrogen) atoms. The van der Waals surface area contributed by atoms with Gasteiger partial charge in [0, 0.05) is 0 Å². The van der Waals surface area contributed by atoms with E-state index in [-0.39, 0.29) is 13.8 Å². The predicted octanol–water partition coefficient (Wildman–Crippen LogP) is 4.20. The van der Waals surface area contributed by atoms with Crippen LogP contribution in [0.1, 0.15) is 13.8 Å². The molecule has 0 amide bonds. The summed E-state index contributed by atoms with van der Waals surface area (Å²) in [6, 6.07) is 0. The third-order valence-electron chi connectivity index (χ3n) is 2.83. The van der Waals surface area contributed by atoms with Gasteiger partial charge in [0.15, 0.2) is 6.17 Å². The second kappa shape index (κ2) is 5.06. The molecule has 0 fully saturated rings. The highest BCUT2D eigenvalue weighted by Crippen LogP contribution is 2.57. The summed E-state index contributed by atoms with van der Waals surface area (Å²) in [7, 11) is 0. The molecule has 13 heteroatoms. The van der Waals surface area contributed by atoms with Gasteiger partial charge in [-0.1, -0.05) is 0 Å². The average molecular weight is 360 g/mol. The zero-order valence-corrected chi connectivity index (χ0v) is 10.6. The lowest BCUT2D eigenvalue weighted by atomic mass is 9.76. The molecule has 2 atom stereocenters. The molecule has 0 aliphatic carbocycles. The first-order valence-electron chi connectivity index (χ1n) is 5.10. The molecule has 0 aromatic rings. The Morgan fingerprint density at radius 2 is 0.818 bits per heavy atom. The lowest BCUT2D eigenvalue weighted by Gasteiger charge is -2.44. The number of alkyl halides is 12. The van der Waals surface area contributed by atoms with Crippen molar-refractivity contribution in [1.82, 2.24) is 0 Å². The second-order valence-corrected chi connectivity index (χ2v) is 4.84. The lowest BCUT2D eigenvalue weighted by Crippen LogP contribution is -2.73. The Balaban J connectivity index is 6.54. The molecule has 0 rings (SSSR count). The van der Waals surface area contributed by atoms with Gasteiger partial charge in [0.05, 0.1) is 0 Å². The van der Waals surface area contributed by atoms with Crippen LogP contribution in [-0.2, 0) is 0 Å². The molecule has 134 valence electrons. The Hall–Kier alpha value is -0.880. The fourth-order valence-electron chi connectivity index (χ4n) is 1.52. The molecule has 1 nitrogen and oxygen atoms in total. The SMILES string of the molecule is CC(C)(O)C(F)(C(F)C(F)(C(F)(F)F)C(F)(F)F)C(F)(F)F. The molecule has 0 aromatic heterocycles. The highest BCUT2D eigenvalue weighted by Gasteiger charge is 2.86. The molecular formula is C9H8F12O. The van der Waals surface area contributed by atoms with E-state index >= 15 is 0 Å². The van der Waals surface area contributed by atoms with Gasteiger partial charge in [0.2, 0.25) is 0 Å². The summed E-state index contributed by atoms with van der Waals surface area (Å²) < 4.78 is 151. The van der Waals surface area contributed by atoms with Gasteiger partial charge in [0.1, 0.15) is 5.60 Å². The summed E-state index contributed by atoms with van der Waals surface area (Å²) in [5, 5.41) is 8.90. The van der Waals surface area contributed by atoms with Crippen molar-refractivity contribution >= 4 is 0 Å². The Morgan fingerprint density at radius 1 is 0.591 bits per heavy atom. The summed E-state index contributed by atoms with van der Waals surface area (Å²) in [6.45, 7) is -0.500. The molecule has 0 aliphatic heterocycles. The number of aliphatic hydroxyl groups is 1. The van der Waals surface area contributed by atoms with Crippen molar-refractivity contribution in [3.63, 3.8) is 0 Å². The molecular weight excluding hydrogens is 352 g/mol. The molecule has 2 unspecified atom stereocenters. The van der Waals surface area contributed by atoms with Gasteiger partial charge in [-0.3, -0.25) is 0 Å². The summed E-state index contributed by atoms with van der Waals surface area (Å²) in [4.78, 5) is 0. The smallest absolute Gasteiger partial charge is 0.387 e. The minimum atomic E-state index is -7.27. The Kier molecular flexibility index (Phi) is 4.86. The van der Waals surface area contributed by atoms with E-state index < -0.39 is 41.6 Å². The number of halogens is 12. The van der Waals surface area contributed by atoms with Crippen LogP contribution in [0.2, 0.25) is 0 Å². The minimum absolute atomic E-state index is 0.250. The minimum Gasteiger partial charge on any atom is -0.387 e. The predicted molar refractivity (Wildman–Crippen MR) is 47.0 cm³/mol. The molecule has 0 aliphatic rings. The number of hydrogen-bond acceptors (Lipinski definition) is 1. The zero-order chi connectivity index (χ0) is 18.6. The van der Waals surface area contributed by atoms with E-state index in [0.29, 0.717) is 0 Å². The first-order valence-corrected chi connectivity index (χ1v) is 5.10. The van der Waals surface area contributed by atoms with Gasteiger partial charge in [-0.05, 0) is 13.8 Å². The molecule has 0 radical (unpaired) electrons. The Morgan fingerprint density at radius 3 is 0.955 bits per heavy atom. The van der Waals surface area contributed by atoms with Crippen molar-refractivity contribution in [2.24, 2.45) is 0 Å². The van der Waals surface area contributed by atoms with Gasteiger partial charge in [-0.25, -0.2) is 13.2 Å². The molecule has 0 spiro atoms. The van der Waals surface area contributed by atoms with E-state index in [2.05, 4.69) is 0 Å². The fourth-order valence-corrected chi connectivity index (χ4v) is 1.52. The van der Waals surface area contributed by atoms with Crippen molar-refractivity contribution in [1.29, 1.82) is 0 Å². The van der Waals surface area contributed by atoms with Crippen LogP contribution in [0.4, 0.5) is 52.7 Å². The van der Waals surface area contributed by atoms with Crippen molar-refractivity contribution in [2.45, 2.75) is 55.5 Å². The van der Waals surface area contributed by atoms with Crippen LogP contribution in [0.15, 0.2) is 0 Å². The lowest BCUT2D eigenvalue weighted by molar-refractivity contribution is -0.395. The second-order valence-electron chi connectivity index (χ2n) is 4.84. The summed E-state index contributed by atoms with van der Waals surface area (Å²) in [5.41, 5.74) is -17.5. The molecule has 0 saturated heterocycles. The molecule has 1 N–H and O–H groups in total. The van der Waals surface area contributed by atoms with Gasteiger partial charge >= 0.3 is 24.2 Å². The fraction of sp³-hybridized carbons (Fsp3) is 1.00. The Bertz CT molecular complexity index is 331. The van der Waals surface area contributed by atoms with Crippen LogP contribution in [0.3, 0.4) is 0 Å². The monoisotopic (exact) mass is 360 g/mol. The normalized spacial score (nSPS) is 19.8. The highest BCUT2D eigenvalue weighted by atomic mass is 19.4. The van der Waals surface area contributed by atoms with E-state index in [1.165, 1.54) is 0 Å². The van der Waals surface area contributed by atoms with Gasteiger partial charge in [-0.2, -0.15) is 39.5 Å². The molecule has 0 saturated carbocycles. The van der Waals surface area contributed by atoms with Crippen LogP contribution in [0.25, 0.3) is 0 Å². The van der Waals surface area contributed by atoms with E-state index in [9.17, 15) is 52.7 Å². The Labute approximate surface area is 114 Å². The van der Waals surface area contributed by atoms with E-state index in [1.807, 2.05) is 0 Å². The molecule has 0 aromatic carbocycles. The van der Waals surface area contributed by atoms with E-state index in [4.69, 9.17) is 5.11 Å². The summed E-state index contributed by atoms with van der Waals surface area (Å²) >= 11 is 0. The van der Waals surface area contributed by atoms with E-state index in [1.54, 1.807) is 0 Å². The summed E-state index contributed by atoms with van der Waals surface area (Å²) in [6.07, 6.45) is -27.2. The third kappa shape index (κ3) is 2.83. The molecule has 0 heterocycles. The first kappa shape index (κ1) is 21.1. The third-order valence-corrected chi connectivity index (χ3v) is 2.83. The van der Waals surface area contributed by atoms with E-state index in [0.717, 1.165) is 0 Å². The average Bonchev–Trinajstić information content (AvgIpc) is 2.19. The summed E-state index contributed by atoms with van der Waals surface area (Å²) in [5.74, 6) is 0. The number of hydrogen-bond donors (Lipinski definition) is 1. The maximum Gasteiger partial charge on any atom is 0.434 e. The first-order chi connectivity index (χ1) is 9.15. The van der Waals surface area contributed by atoms with Crippen molar-refractivity contribution in [3.05, 3.63) is 0 Å². The maximum absolute atomic E-state index is 13.8. The van der Waals surface area contributed by atoms with Crippen LogP contribution in [0, 0.1) is 0 Å². The van der Waals surface area contributed by atoms with Crippen LogP contribution in [-0.4, -0.2) is 46.7 Å². The maximum atomic E-state index is 13.8. The molecule has 0 bridgehead atoms. The standard InChI is InChI=1S/C9H8F12O/c1-4(2,22)5(11,7(13,14)15)3(10)6(12,8(16,17)18)9(19,20)21/h3,22H,1-2H3. The van der Waals surface area contributed by atoms with Crippen molar-refractivity contribution in [3.8, 4) is 0 Å². The van der Waals surface area contributed by atoms with Crippen LogP contribution in [0.5, 0.6) is 0 Å². The van der Waals surface area contributed by atoms with Crippen LogP contribution >= 0.6 is 0 Å². The number of rotatable bonds is 3. The van der Waals surface area contributed by atoms with Gasteiger partial charge in [-0.15, -0.1) is 0 Å². The highest BCUT2D eigenvalue weighted by molar-refractivity contribution is 5.16. The zero-order valence-electron chi connectivity index (χ0n) is 10.6. The van der Waals surface area contributed by atoms with Crippen molar-refractivity contribution in [2.75, 3.05) is 0 Å². The largest absolute Gasteiger partial charge is 0.434 e. The van der Waals surface area contributed by atoms with Gasteiger partial charge < -0.3 is 5.11 Å². The quantitative estimate of drug-likeness (QED) is 0.748.